The van der Waals surface area contributed by atoms with Crippen LogP contribution in [-0.4, -0.2) is 32.7 Å². The second-order valence-electron chi connectivity index (χ2n) is 5.93. The molecule has 0 bridgehead atoms. The van der Waals surface area contributed by atoms with Gasteiger partial charge in [-0.3, -0.25) is 4.99 Å². The minimum Gasteiger partial charge on any atom is -0.497 e. The minimum atomic E-state index is 0.599. The summed E-state index contributed by atoms with van der Waals surface area (Å²) in [7, 11) is 3.55. The monoisotopic (exact) mass is 303 g/mol. The maximum absolute atomic E-state index is 5.18. The van der Waals surface area contributed by atoms with Gasteiger partial charge in [-0.15, -0.1) is 0 Å². The summed E-state index contributed by atoms with van der Waals surface area (Å²) in [6.07, 6.45) is 8.76. The molecule has 0 spiro atoms. The Morgan fingerprint density at radius 3 is 2.55 bits per heavy atom. The standard InChI is InChI=1S/C18H29N3O/c1-19-18(21-16-8-4-3-5-9-16)20-14-6-7-15-10-12-17(22-2)13-11-15/h10-13,16H,3-9,14H2,1-2H3,(H2,19,20,21). The van der Waals surface area contributed by atoms with Gasteiger partial charge in [0.2, 0.25) is 0 Å². The van der Waals surface area contributed by atoms with Gasteiger partial charge in [0.05, 0.1) is 7.11 Å². The van der Waals surface area contributed by atoms with Crippen molar-refractivity contribution < 1.29 is 4.74 Å². The molecule has 0 unspecified atom stereocenters. The Labute approximate surface area is 134 Å². The molecule has 0 heterocycles. The Morgan fingerprint density at radius 2 is 1.91 bits per heavy atom. The third-order valence-corrected chi connectivity index (χ3v) is 4.26. The lowest BCUT2D eigenvalue weighted by molar-refractivity contribution is 0.410. The number of aryl methyl sites for hydroxylation is 1. The molecule has 0 radical (unpaired) electrons. The Hall–Kier alpha value is -1.71. The van der Waals surface area contributed by atoms with Crippen molar-refractivity contribution in [1.82, 2.24) is 10.6 Å². The largest absolute Gasteiger partial charge is 0.497 e. The Balaban J connectivity index is 1.65. The van der Waals surface area contributed by atoms with Crippen molar-refractivity contribution in [2.45, 2.75) is 51.0 Å². The fourth-order valence-corrected chi connectivity index (χ4v) is 2.93. The smallest absolute Gasteiger partial charge is 0.191 e. The Kier molecular flexibility index (Phi) is 7.07. The zero-order valence-corrected chi connectivity index (χ0v) is 13.9. The molecule has 0 aromatic heterocycles. The Bertz CT molecular complexity index is 450. The third-order valence-electron chi connectivity index (χ3n) is 4.26. The summed E-state index contributed by atoms with van der Waals surface area (Å²) in [5.41, 5.74) is 1.35. The van der Waals surface area contributed by atoms with Gasteiger partial charge in [-0.25, -0.2) is 0 Å². The molecule has 4 nitrogen and oxygen atoms in total. The van der Waals surface area contributed by atoms with E-state index >= 15 is 0 Å². The first-order valence-corrected chi connectivity index (χ1v) is 8.42. The van der Waals surface area contributed by atoms with Crippen LogP contribution in [0.5, 0.6) is 5.75 Å². The van der Waals surface area contributed by atoms with Crippen molar-refractivity contribution in [2.75, 3.05) is 20.7 Å². The van der Waals surface area contributed by atoms with Gasteiger partial charge in [-0.1, -0.05) is 31.4 Å². The number of aliphatic imine (C=N–C) groups is 1. The van der Waals surface area contributed by atoms with Crippen LogP contribution in [0.3, 0.4) is 0 Å². The van der Waals surface area contributed by atoms with Crippen molar-refractivity contribution in [1.29, 1.82) is 0 Å². The molecule has 122 valence electrons. The predicted molar refractivity (Wildman–Crippen MR) is 92.7 cm³/mol. The van der Waals surface area contributed by atoms with E-state index in [0.29, 0.717) is 6.04 Å². The highest BCUT2D eigenvalue weighted by Crippen LogP contribution is 2.17. The maximum atomic E-state index is 5.18. The number of hydrogen-bond donors (Lipinski definition) is 2. The first-order valence-electron chi connectivity index (χ1n) is 8.42. The van der Waals surface area contributed by atoms with Crippen molar-refractivity contribution >= 4 is 5.96 Å². The molecule has 1 aliphatic rings. The molecule has 2 N–H and O–H groups in total. The quantitative estimate of drug-likeness (QED) is 0.482. The molecular weight excluding hydrogens is 274 g/mol. The zero-order valence-electron chi connectivity index (χ0n) is 13.9. The van der Waals surface area contributed by atoms with E-state index in [2.05, 4.69) is 27.8 Å². The van der Waals surface area contributed by atoms with Gasteiger partial charge in [-0.2, -0.15) is 0 Å². The molecule has 2 rings (SSSR count). The van der Waals surface area contributed by atoms with Crippen LogP contribution in [0.25, 0.3) is 0 Å². The van der Waals surface area contributed by atoms with Crippen LogP contribution in [0.1, 0.15) is 44.1 Å². The molecule has 0 aliphatic heterocycles. The lowest BCUT2D eigenvalue weighted by Crippen LogP contribution is -2.44. The normalized spacial score (nSPS) is 16.4. The van der Waals surface area contributed by atoms with E-state index in [1.807, 2.05) is 19.2 Å². The average molecular weight is 303 g/mol. The summed E-state index contributed by atoms with van der Waals surface area (Å²) in [6, 6.07) is 8.90. The highest BCUT2D eigenvalue weighted by Gasteiger charge is 2.13. The number of rotatable bonds is 6. The van der Waals surface area contributed by atoms with Gasteiger partial charge in [-0.05, 0) is 43.4 Å². The number of nitrogens with zero attached hydrogens (tertiary/aromatic N) is 1. The van der Waals surface area contributed by atoms with Crippen molar-refractivity contribution in [3.63, 3.8) is 0 Å². The van der Waals surface area contributed by atoms with E-state index in [-0.39, 0.29) is 0 Å². The second-order valence-corrected chi connectivity index (χ2v) is 5.93. The van der Waals surface area contributed by atoms with Crippen molar-refractivity contribution in [3.8, 4) is 5.75 Å². The van der Waals surface area contributed by atoms with Crippen molar-refractivity contribution in [3.05, 3.63) is 29.8 Å². The molecule has 4 heteroatoms. The molecule has 0 saturated heterocycles. The Morgan fingerprint density at radius 1 is 1.18 bits per heavy atom. The number of nitrogens with one attached hydrogen (secondary N) is 2. The summed E-state index contributed by atoms with van der Waals surface area (Å²) < 4.78 is 5.18. The third kappa shape index (κ3) is 5.58. The van der Waals surface area contributed by atoms with Gasteiger partial charge in [0.1, 0.15) is 5.75 Å². The van der Waals surface area contributed by atoms with Crippen LogP contribution in [-0.2, 0) is 6.42 Å². The summed E-state index contributed by atoms with van der Waals surface area (Å²) in [4.78, 5) is 4.33. The van der Waals surface area contributed by atoms with E-state index in [0.717, 1.165) is 31.1 Å². The molecular formula is C18H29N3O. The SMILES string of the molecule is CN=C(NCCCc1ccc(OC)cc1)NC1CCCCC1. The predicted octanol–water partition coefficient (Wildman–Crippen LogP) is 3.13. The summed E-state index contributed by atoms with van der Waals surface area (Å²) in [5, 5.41) is 6.97. The van der Waals surface area contributed by atoms with E-state index in [4.69, 9.17) is 4.74 Å². The van der Waals surface area contributed by atoms with Gasteiger partial charge in [0.15, 0.2) is 5.96 Å². The number of hydrogen-bond acceptors (Lipinski definition) is 2. The lowest BCUT2D eigenvalue weighted by atomic mass is 9.96. The van der Waals surface area contributed by atoms with Gasteiger partial charge < -0.3 is 15.4 Å². The topological polar surface area (TPSA) is 45.7 Å². The van der Waals surface area contributed by atoms with Gasteiger partial charge >= 0.3 is 0 Å². The molecule has 1 aliphatic carbocycles. The highest BCUT2D eigenvalue weighted by molar-refractivity contribution is 5.79. The fourth-order valence-electron chi connectivity index (χ4n) is 2.93. The highest BCUT2D eigenvalue weighted by atomic mass is 16.5. The summed E-state index contributed by atoms with van der Waals surface area (Å²) in [5.74, 6) is 1.86. The van der Waals surface area contributed by atoms with Crippen LogP contribution in [0, 0.1) is 0 Å². The van der Waals surface area contributed by atoms with Crippen molar-refractivity contribution in [2.24, 2.45) is 4.99 Å². The first-order chi connectivity index (χ1) is 10.8. The van der Waals surface area contributed by atoms with E-state index in [1.165, 1.54) is 37.7 Å². The fraction of sp³-hybridized carbons (Fsp3) is 0.611. The zero-order chi connectivity index (χ0) is 15.6. The van der Waals surface area contributed by atoms with Crippen LogP contribution < -0.4 is 15.4 Å². The molecule has 1 aromatic carbocycles. The van der Waals surface area contributed by atoms with Crippen LogP contribution in [0.15, 0.2) is 29.3 Å². The number of ether oxygens (including phenoxy) is 1. The lowest BCUT2D eigenvalue weighted by Gasteiger charge is -2.24. The van der Waals surface area contributed by atoms with Crippen LogP contribution in [0.2, 0.25) is 0 Å². The second kappa shape index (κ2) is 9.34. The van der Waals surface area contributed by atoms with E-state index in [1.54, 1.807) is 7.11 Å². The molecule has 1 fully saturated rings. The van der Waals surface area contributed by atoms with Gasteiger partial charge in [0, 0.05) is 19.6 Å². The van der Waals surface area contributed by atoms with Crippen LogP contribution in [0.4, 0.5) is 0 Å². The number of benzene rings is 1. The molecule has 22 heavy (non-hydrogen) atoms. The minimum absolute atomic E-state index is 0.599. The molecule has 0 amide bonds. The van der Waals surface area contributed by atoms with E-state index in [9.17, 15) is 0 Å². The molecule has 1 saturated carbocycles. The summed E-state index contributed by atoms with van der Waals surface area (Å²) in [6.45, 7) is 0.943. The number of guanidine groups is 1. The van der Waals surface area contributed by atoms with Crippen LogP contribution >= 0.6 is 0 Å². The van der Waals surface area contributed by atoms with E-state index < -0.39 is 0 Å². The number of methoxy groups -OCH3 is 1. The summed E-state index contributed by atoms with van der Waals surface area (Å²) >= 11 is 0. The molecule has 0 atom stereocenters. The molecule has 1 aromatic rings. The first kappa shape index (κ1) is 16.7. The maximum Gasteiger partial charge on any atom is 0.191 e. The average Bonchev–Trinajstić information content (AvgIpc) is 2.59. The van der Waals surface area contributed by atoms with Gasteiger partial charge in [0.25, 0.3) is 0 Å².